The second-order valence-corrected chi connectivity index (χ2v) is 6.15. The average Bonchev–Trinajstić information content (AvgIpc) is 2.66. The molecule has 0 spiro atoms. The van der Waals surface area contributed by atoms with Crippen LogP contribution in [0, 0.1) is 19.8 Å². The summed E-state index contributed by atoms with van der Waals surface area (Å²) in [6, 6.07) is 3.28. The van der Waals surface area contributed by atoms with Gasteiger partial charge in [-0.15, -0.1) is 0 Å². The number of likely N-dealkylation sites (tertiary alicyclic amines) is 1. The number of amides is 1. The maximum absolute atomic E-state index is 12.6. The molecule has 2 rings (SSSR count). The number of hydrogen-bond acceptors (Lipinski definition) is 2. The lowest BCUT2D eigenvalue weighted by atomic mass is 10.0. The molecule has 1 saturated heterocycles. The van der Waals surface area contributed by atoms with Gasteiger partial charge in [0.1, 0.15) is 5.75 Å². The maximum Gasteiger partial charge on any atom is 0.387 e. The summed E-state index contributed by atoms with van der Waals surface area (Å²) in [7, 11) is 0. The van der Waals surface area contributed by atoms with Crippen molar-refractivity contribution in [2.24, 2.45) is 5.92 Å². The molecule has 5 heteroatoms. The van der Waals surface area contributed by atoms with Gasteiger partial charge in [-0.25, -0.2) is 0 Å². The van der Waals surface area contributed by atoms with Gasteiger partial charge in [0, 0.05) is 18.7 Å². The Bertz CT molecular complexity index is 522. The fourth-order valence-corrected chi connectivity index (χ4v) is 3.00. The number of carbonyl (C=O) groups excluding carboxylic acids is 1. The Kier molecular flexibility index (Phi) is 5.37. The number of aryl methyl sites for hydroxylation is 2. The van der Waals surface area contributed by atoms with Crippen LogP contribution in [0.5, 0.6) is 5.75 Å². The number of carbonyl (C=O) groups is 1. The van der Waals surface area contributed by atoms with Crippen molar-refractivity contribution in [2.45, 2.75) is 46.6 Å². The highest BCUT2D eigenvalue weighted by molar-refractivity contribution is 5.95. The summed E-state index contributed by atoms with van der Waals surface area (Å²) in [6.45, 7) is 4.24. The quantitative estimate of drug-likeness (QED) is 0.838. The summed E-state index contributed by atoms with van der Waals surface area (Å²) >= 11 is 0. The van der Waals surface area contributed by atoms with Crippen LogP contribution in [-0.4, -0.2) is 30.5 Å². The Morgan fingerprint density at radius 2 is 1.86 bits per heavy atom. The van der Waals surface area contributed by atoms with Crippen molar-refractivity contribution in [1.29, 1.82) is 0 Å². The number of rotatable bonds is 3. The third-order valence-electron chi connectivity index (χ3n) is 4.22. The van der Waals surface area contributed by atoms with E-state index in [9.17, 15) is 13.6 Å². The second-order valence-electron chi connectivity index (χ2n) is 6.15. The third-order valence-corrected chi connectivity index (χ3v) is 4.22. The first-order valence-electron chi connectivity index (χ1n) is 7.73. The molecule has 1 heterocycles. The molecule has 1 atom stereocenters. The van der Waals surface area contributed by atoms with Crippen molar-refractivity contribution >= 4 is 5.91 Å². The third kappa shape index (κ3) is 3.96. The van der Waals surface area contributed by atoms with Gasteiger partial charge in [-0.05, 0) is 62.3 Å². The monoisotopic (exact) mass is 311 g/mol. The van der Waals surface area contributed by atoms with Crippen LogP contribution in [0.3, 0.4) is 0 Å². The summed E-state index contributed by atoms with van der Waals surface area (Å²) in [5.41, 5.74) is 1.67. The molecule has 1 aromatic carbocycles. The lowest BCUT2D eigenvalue weighted by Gasteiger charge is -2.21. The van der Waals surface area contributed by atoms with Crippen molar-refractivity contribution in [3.63, 3.8) is 0 Å². The van der Waals surface area contributed by atoms with Gasteiger partial charge in [0.25, 0.3) is 5.91 Å². The first-order chi connectivity index (χ1) is 10.4. The van der Waals surface area contributed by atoms with Crippen molar-refractivity contribution in [3.8, 4) is 5.75 Å². The molecule has 1 aliphatic heterocycles. The molecule has 0 aromatic heterocycles. The molecule has 1 amide bonds. The maximum atomic E-state index is 12.6. The van der Waals surface area contributed by atoms with E-state index in [0.29, 0.717) is 22.6 Å². The Hall–Kier alpha value is -1.65. The molecule has 1 aliphatic rings. The topological polar surface area (TPSA) is 29.5 Å². The number of benzene rings is 1. The zero-order valence-corrected chi connectivity index (χ0v) is 13.4. The molecule has 1 unspecified atom stereocenters. The van der Waals surface area contributed by atoms with Gasteiger partial charge in [-0.1, -0.05) is 6.92 Å². The molecule has 1 aromatic rings. The molecule has 1 fully saturated rings. The summed E-state index contributed by atoms with van der Waals surface area (Å²) < 4.78 is 29.4. The molecule has 122 valence electrons. The summed E-state index contributed by atoms with van der Waals surface area (Å²) in [4.78, 5) is 14.5. The number of nitrogens with zero attached hydrogens (tertiary/aromatic N) is 1. The van der Waals surface area contributed by atoms with E-state index < -0.39 is 6.61 Å². The predicted molar refractivity (Wildman–Crippen MR) is 81.5 cm³/mol. The van der Waals surface area contributed by atoms with Crippen LogP contribution in [0.15, 0.2) is 12.1 Å². The highest BCUT2D eigenvalue weighted by atomic mass is 19.3. The van der Waals surface area contributed by atoms with E-state index in [2.05, 4.69) is 11.7 Å². The first kappa shape index (κ1) is 16.7. The van der Waals surface area contributed by atoms with E-state index >= 15 is 0 Å². The van der Waals surface area contributed by atoms with Gasteiger partial charge in [0.15, 0.2) is 0 Å². The fraction of sp³-hybridized carbons (Fsp3) is 0.588. The van der Waals surface area contributed by atoms with E-state index in [1.54, 1.807) is 26.0 Å². The molecular weight excluding hydrogens is 288 g/mol. The van der Waals surface area contributed by atoms with Crippen molar-refractivity contribution in [2.75, 3.05) is 13.1 Å². The van der Waals surface area contributed by atoms with E-state index in [4.69, 9.17) is 0 Å². The minimum absolute atomic E-state index is 0.0242. The lowest BCUT2D eigenvalue weighted by Crippen LogP contribution is -2.32. The minimum atomic E-state index is -2.86. The first-order valence-corrected chi connectivity index (χ1v) is 7.73. The van der Waals surface area contributed by atoms with E-state index in [1.165, 1.54) is 0 Å². The molecule has 0 saturated carbocycles. The molecule has 0 radical (unpaired) electrons. The van der Waals surface area contributed by atoms with Crippen molar-refractivity contribution < 1.29 is 18.3 Å². The van der Waals surface area contributed by atoms with Crippen LogP contribution in [0.2, 0.25) is 0 Å². The summed E-state index contributed by atoms with van der Waals surface area (Å²) in [6.07, 6.45) is 3.16. The molecule has 0 bridgehead atoms. The largest absolute Gasteiger partial charge is 0.434 e. The predicted octanol–water partition coefficient (Wildman–Crippen LogP) is 4.17. The highest BCUT2D eigenvalue weighted by Gasteiger charge is 2.21. The van der Waals surface area contributed by atoms with Crippen LogP contribution in [0.4, 0.5) is 8.78 Å². The Morgan fingerprint density at radius 1 is 1.23 bits per heavy atom. The molecule has 22 heavy (non-hydrogen) atoms. The van der Waals surface area contributed by atoms with Gasteiger partial charge >= 0.3 is 6.61 Å². The van der Waals surface area contributed by atoms with Crippen LogP contribution in [-0.2, 0) is 0 Å². The molecule has 3 nitrogen and oxygen atoms in total. The smallest absolute Gasteiger partial charge is 0.387 e. The van der Waals surface area contributed by atoms with Crippen LogP contribution in [0.1, 0.15) is 47.7 Å². The average molecular weight is 311 g/mol. The molecule has 0 aliphatic carbocycles. The minimum Gasteiger partial charge on any atom is -0.434 e. The zero-order valence-electron chi connectivity index (χ0n) is 13.4. The summed E-state index contributed by atoms with van der Waals surface area (Å²) in [5.74, 6) is 0.781. The van der Waals surface area contributed by atoms with Crippen LogP contribution < -0.4 is 4.74 Å². The van der Waals surface area contributed by atoms with Crippen LogP contribution >= 0.6 is 0 Å². The molecule has 0 N–H and O–H groups in total. The van der Waals surface area contributed by atoms with Gasteiger partial charge in [0.2, 0.25) is 0 Å². The Labute approximate surface area is 130 Å². The van der Waals surface area contributed by atoms with E-state index in [-0.39, 0.29) is 11.7 Å². The van der Waals surface area contributed by atoms with Crippen LogP contribution in [0.25, 0.3) is 0 Å². The number of halogens is 2. The Balaban J connectivity index is 2.19. The van der Waals surface area contributed by atoms with Gasteiger partial charge < -0.3 is 9.64 Å². The zero-order chi connectivity index (χ0) is 16.3. The standard InChI is InChI=1S/C17H23F2NO2/c1-11-5-4-7-20(8-6-11)16(21)14-9-12(2)15(13(3)10-14)22-17(18)19/h9-11,17H,4-8H2,1-3H3. The normalized spacial score (nSPS) is 19.2. The van der Waals surface area contributed by atoms with E-state index in [0.717, 1.165) is 32.4 Å². The van der Waals surface area contributed by atoms with Gasteiger partial charge in [0.05, 0.1) is 0 Å². The number of ether oxygens (including phenoxy) is 1. The van der Waals surface area contributed by atoms with E-state index in [1.807, 2.05) is 4.90 Å². The number of hydrogen-bond donors (Lipinski definition) is 0. The van der Waals surface area contributed by atoms with Gasteiger partial charge in [-0.3, -0.25) is 4.79 Å². The molecular formula is C17H23F2NO2. The fourth-order valence-electron chi connectivity index (χ4n) is 3.00. The van der Waals surface area contributed by atoms with Crippen molar-refractivity contribution in [1.82, 2.24) is 4.90 Å². The SMILES string of the molecule is Cc1cc(C(=O)N2CCCC(C)CC2)cc(C)c1OC(F)F. The summed E-state index contributed by atoms with van der Waals surface area (Å²) in [5, 5.41) is 0. The van der Waals surface area contributed by atoms with Gasteiger partial charge in [-0.2, -0.15) is 8.78 Å². The second kappa shape index (κ2) is 7.07. The highest BCUT2D eigenvalue weighted by Crippen LogP contribution is 2.27. The van der Waals surface area contributed by atoms with Crippen molar-refractivity contribution in [3.05, 3.63) is 28.8 Å². The lowest BCUT2D eigenvalue weighted by molar-refractivity contribution is -0.0507. The number of alkyl halides is 2. The Morgan fingerprint density at radius 3 is 2.45 bits per heavy atom.